The number of piperazine rings is 2. The number of rotatable bonds is 10. The summed E-state index contributed by atoms with van der Waals surface area (Å²) in [4.78, 5) is 110. The average molecular weight is 1770 g/mol. The molecule has 0 aromatic heterocycles. The number of carbonyl (C=O) groups is 10. The van der Waals surface area contributed by atoms with Crippen molar-refractivity contribution in [3.63, 3.8) is 0 Å². The first kappa shape index (κ1) is 122. The van der Waals surface area contributed by atoms with Crippen molar-refractivity contribution in [3.8, 4) is 6.07 Å². The van der Waals surface area contributed by atoms with Crippen LogP contribution in [0.2, 0.25) is 0 Å². The van der Waals surface area contributed by atoms with Gasteiger partial charge in [-0.3, -0.25) is 34.1 Å². The number of amides is 4. The van der Waals surface area contributed by atoms with E-state index in [0.29, 0.717) is 38.5 Å². The fourth-order valence-electron chi connectivity index (χ4n) is 13.4. The van der Waals surface area contributed by atoms with Gasteiger partial charge in [0.1, 0.15) is 39.1 Å². The van der Waals surface area contributed by atoms with Gasteiger partial charge in [0.15, 0.2) is 0 Å². The predicted octanol–water partition coefficient (Wildman–Crippen LogP) is 5.91. The molecule has 2 heterocycles. The van der Waals surface area contributed by atoms with E-state index in [2.05, 4.69) is 78.3 Å². The van der Waals surface area contributed by atoms with E-state index < -0.39 is 46.3 Å². The van der Waals surface area contributed by atoms with Crippen LogP contribution in [0.25, 0.3) is 0 Å². The maximum Gasteiger partial charge on any atom is 1.00 e. The van der Waals surface area contributed by atoms with Crippen molar-refractivity contribution in [1.82, 2.24) is 37.2 Å². The first-order valence-corrected chi connectivity index (χ1v) is 42.2. The molecule has 9 aliphatic rings. The third kappa shape index (κ3) is 65.0. The average Bonchev–Trinajstić information content (AvgIpc) is 0.828. The zero-order valence-corrected chi connectivity index (χ0v) is 81.9. The molecule has 4 amide bonds. The van der Waals surface area contributed by atoms with Crippen LogP contribution in [-0.4, -0.2) is 188 Å². The van der Waals surface area contributed by atoms with Crippen molar-refractivity contribution < 1.29 is 195 Å². The number of hydrogen-bond acceptors (Lipinski definition) is 27. The van der Waals surface area contributed by atoms with E-state index in [4.69, 9.17) is 57.2 Å². The number of alkyl carbamates (subject to hydrolysis) is 2. The molecule has 0 bridgehead atoms. The first-order valence-electron chi connectivity index (χ1n) is 41.1. The third-order valence-corrected chi connectivity index (χ3v) is 20.0. The number of alkyl halides is 1. The van der Waals surface area contributed by atoms with E-state index in [-0.39, 0.29) is 188 Å². The Bertz CT molecular complexity index is 2650. The number of nitrogens with two attached hydrogens (primary N) is 4. The smallest absolute Gasteiger partial charge is 1.00 e. The van der Waals surface area contributed by atoms with Crippen LogP contribution in [0.5, 0.6) is 0 Å². The normalized spacial score (nSPS) is 19.4. The van der Waals surface area contributed by atoms with Gasteiger partial charge in [-0.05, 0) is 173 Å². The number of nitrogens with one attached hydrogen (secondary N) is 7. The maximum atomic E-state index is 11.8. The van der Waals surface area contributed by atoms with E-state index in [1.165, 1.54) is 123 Å². The second-order valence-electron chi connectivity index (χ2n) is 34.3. The molecule has 9 fully saturated rings. The second kappa shape index (κ2) is 65.8. The Hall–Kier alpha value is -2.78. The molecule has 34 heteroatoms. The zero-order valence-electron chi connectivity index (χ0n) is 75.1. The fourth-order valence-corrected chi connectivity index (χ4v) is 13.6. The fraction of sp³-hybridized carbons (Fsp3) is 0.866. The van der Waals surface area contributed by atoms with Crippen molar-refractivity contribution in [2.24, 2.45) is 22.9 Å². The molecule has 2 spiro atoms. The van der Waals surface area contributed by atoms with Gasteiger partial charge < -0.3 is 99.6 Å². The quantitative estimate of drug-likeness (QED) is 0.0177. The molecule has 116 heavy (non-hydrogen) atoms. The van der Waals surface area contributed by atoms with Crippen molar-refractivity contribution in [1.29, 1.82) is 5.26 Å². The molecule has 0 unspecified atom stereocenters. The molecule has 0 aromatic carbocycles. The topological polar surface area (TPSA) is 480 Å². The van der Waals surface area contributed by atoms with E-state index in [1.807, 2.05) is 55.4 Å². The number of ether oxygens (including phenoxy) is 7. The van der Waals surface area contributed by atoms with Crippen LogP contribution in [0.3, 0.4) is 0 Å². The number of Topliss-reactive ketones (excluding diaryl/α,β-unsaturated/α-hetero) is 1. The molecule has 0 atom stereocenters. The summed E-state index contributed by atoms with van der Waals surface area (Å²) in [6, 6.07) is 2.16. The van der Waals surface area contributed by atoms with Gasteiger partial charge in [-0.25, -0.2) is 19.2 Å². The summed E-state index contributed by atoms with van der Waals surface area (Å²) in [7, 11) is 2.72. The van der Waals surface area contributed by atoms with Gasteiger partial charge in [-0.2, -0.15) is 5.26 Å². The molecule has 2 aliphatic heterocycles. The minimum Gasteiger partial charge on any atom is -1.00 e. The van der Waals surface area contributed by atoms with Crippen LogP contribution >= 0.6 is 15.9 Å². The minimum absolute atomic E-state index is 0. The number of hydrogen-bond donors (Lipinski definition) is 11. The van der Waals surface area contributed by atoms with E-state index in [9.17, 15) is 43.2 Å². The Balaban J connectivity index is -0.000000298. The molecule has 7 aliphatic carbocycles. The van der Waals surface area contributed by atoms with Crippen molar-refractivity contribution in [3.05, 3.63) is 0 Å². The summed E-state index contributed by atoms with van der Waals surface area (Å²) >= 11 is 2.90. The zero-order chi connectivity index (χ0) is 86.3. The molecule has 7 saturated carbocycles. The van der Waals surface area contributed by atoms with Gasteiger partial charge in [-0.1, -0.05) is 159 Å². The molecule has 668 valence electrons. The van der Waals surface area contributed by atoms with E-state index >= 15 is 0 Å². The number of carbonyl (C=O) groups excluding carboxylic acids is 10. The molecule has 2 saturated heterocycles. The molecular weight excluding hydrogens is 1620 g/mol. The van der Waals surface area contributed by atoms with Gasteiger partial charge in [0.25, 0.3) is 6.47 Å². The first-order chi connectivity index (χ1) is 52.8. The monoisotopic (exact) mass is 1770 g/mol. The number of esters is 2. The Morgan fingerprint density at radius 1 is 0.517 bits per heavy atom. The summed E-state index contributed by atoms with van der Waals surface area (Å²) in [6.07, 6.45) is 37.4. The van der Waals surface area contributed by atoms with Crippen molar-refractivity contribution >= 4 is 76.4 Å². The Labute approximate surface area is 791 Å². The van der Waals surface area contributed by atoms with Gasteiger partial charge in [0, 0.05) is 73.3 Å². The van der Waals surface area contributed by atoms with Crippen LogP contribution in [0, 0.1) is 11.3 Å². The standard InChI is InChI=1S/C15H28N2O4.C12H24N2O2.C10H18O5.2C9H16N2O.C7H16N2.C7H12N2.C6H10O.C3H5BrO2.C2H6.CH2O3.CH4.2K.H/c1-14(2,3)21-13(19)16-11-15(8-6-5-7-9-15)17-10-12(18)20-4;1-11(2,3)16-10(15)14-9-12(13)7-5-4-6-8-12;1-9(2,3)14-7(11)13-8(12)15-10(4,5)6;2*12-8-6-11-9(7-10-8)4-2-1-3-5-9;2*8-6-7(9)4-2-1-3-5-7;7-6-4-2-1-3-5-6;1-6-3(5)2-4;1-2;2-1-4-3;;;;/h17H,5-11H2,1-4H3,(H,16,19);4-9,13H2,1-3H3,(H,14,15);1-6H3;2*11H,1-7H2,(H,10,12);1-6,8-9H2;1-5,9H2;1-5H2;2H2,1H3;1-2H3;1,3H;1H4;;;/q;;;;;;;;;;;;2*+1;-1/p-1. The van der Waals surface area contributed by atoms with Gasteiger partial charge >= 0.3 is 139 Å². The molecule has 0 radical (unpaired) electrons. The molecule has 31 nitrogen and oxygen atoms in total. The van der Waals surface area contributed by atoms with E-state index in [0.717, 1.165) is 129 Å². The number of methoxy groups -OCH3 is 2. The summed E-state index contributed by atoms with van der Waals surface area (Å²) in [5.74, 6) is 0.218. The van der Waals surface area contributed by atoms with Crippen LogP contribution < -0.4 is 168 Å². The van der Waals surface area contributed by atoms with Crippen molar-refractivity contribution in [2.75, 3.05) is 71.9 Å². The third-order valence-electron chi connectivity index (χ3n) is 19.5. The molecule has 15 N–H and O–H groups in total. The van der Waals surface area contributed by atoms with Crippen LogP contribution in [0.15, 0.2) is 0 Å². The minimum atomic E-state index is -1.06. The van der Waals surface area contributed by atoms with Crippen molar-refractivity contribution in [2.45, 2.75) is 385 Å². The summed E-state index contributed by atoms with van der Waals surface area (Å²) < 4.78 is 33.1. The largest absolute Gasteiger partial charge is 1.00 e. The number of halogens is 1. The Kier molecular flexibility index (Phi) is 69.1. The second-order valence-corrected chi connectivity index (χ2v) is 34.9. The summed E-state index contributed by atoms with van der Waals surface area (Å²) in [6.45, 7) is 29.4. The number of nitriles is 1. The Morgan fingerprint density at radius 2 is 0.836 bits per heavy atom. The summed E-state index contributed by atoms with van der Waals surface area (Å²) in [5.41, 5.74) is 20.6. The Morgan fingerprint density at radius 3 is 1.09 bits per heavy atom. The van der Waals surface area contributed by atoms with Gasteiger partial charge in [0.05, 0.1) is 39.9 Å². The molecular formula is C82H157BrK2N12O19. The van der Waals surface area contributed by atoms with Gasteiger partial charge in [-0.15, -0.1) is 0 Å². The maximum absolute atomic E-state index is 11.8. The number of nitrogens with zero attached hydrogens (tertiary/aromatic N) is 1. The molecule has 9 rings (SSSR count). The SMILES string of the molecule is C.CC.CC(C)(C)OC(=O)NCC1(N)CCCCC1.CC(C)(C)OC(=O)OC(=O)OC(C)(C)C.COC(=O)CBr.COC(=O)CNC1(CNC(=O)OC(C)(C)C)CCCCC1.N#CC1(N)CCCCC1.NCC1(N)CCCCC1.O=C1CCCCC1.O=C1CNC2(CCCCC2)CN1.O=C1CNC2(CCCCC2)CN1.O=CO[O-].[H-].[K+].[K+]. The summed E-state index contributed by atoms with van der Waals surface area (Å²) in [5, 5.41) is 38.8. The van der Waals surface area contributed by atoms with Gasteiger partial charge in [0.2, 0.25) is 11.8 Å². The van der Waals surface area contributed by atoms with E-state index in [1.54, 1.807) is 41.5 Å². The van der Waals surface area contributed by atoms with Crippen LogP contribution in [0.1, 0.15) is 331 Å². The molecule has 0 aromatic rings. The van der Waals surface area contributed by atoms with Crippen LogP contribution in [-0.2, 0) is 66.8 Å². The predicted molar refractivity (Wildman–Crippen MR) is 446 cm³/mol. The van der Waals surface area contributed by atoms with Crippen LogP contribution in [0.4, 0.5) is 19.2 Å². The number of ketones is 1.